The highest BCUT2D eigenvalue weighted by atomic mass is 35.5. The molecule has 0 saturated carbocycles. The molecular formula is C12H14Cl2N4OS2. The topological polar surface area (TPSA) is 66.9 Å². The number of aromatic nitrogens is 2. The van der Waals surface area contributed by atoms with E-state index in [1.165, 1.54) is 23.1 Å². The summed E-state index contributed by atoms with van der Waals surface area (Å²) >= 11 is 9.11. The Morgan fingerprint density at radius 2 is 2.29 bits per heavy atom. The second-order valence-corrected chi connectivity index (χ2v) is 6.38. The molecule has 2 rings (SSSR count). The van der Waals surface area contributed by atoms with Crippen molar-refractivity contribution in [1.29, 1.82) is 0 Å². The minimum Gasteiger partial charge on any atom is -0.326 e. The van der Waals surface area contributed by atoms with Gasteiger partial charge in [0.2, 0.25) is 5.91 Å². The van der Waals surface area contributed by atoms with Gasteiger partial charge in [0, 0.05) is 23.5 Å². The van der Waals surface area contributed by atoms with Gasteiger partial charge in [0.1, 0.15) is 5.51 Å². The average molecular weight is 365 g/mol. The summed E-state index contributed by atoms with van der Waals surface area (Å²) in [7, 11) is 1.81. The molecule has 0 spiro atoms. The van der Waals surface area contributed by atoms with Gasteiger partial charge in [-0.1, -0.05) is 34.7 Å². The Morgan fingerprint density at radius 3 is 2.90 bits per heavy atom. The molecule has 114 valence electrons. The molecule has 1 amide bonds. The van der Waals surface area contributed by atoms with Crippen LogP contribution in [0, 0.1) is 0 Å². The Balaban J connectivity index is 0.00000220. The molecule has 0 aliphatic rings. The smallest absolute Gasteiger partial charge is 0.225 e. The fourth-order valence-corrected chi connectivity index (χ4v) is 3.16. The van der Waals surface area contributed by atoms with Gasteiger partial charge in [0.05, 0.1) is 5.02 Å². The Kier molecular flexibility index (Phi) is 7.98. The van der Waals surface area contributed by atoms with Gasteiger partial charge in [-0.25, -0.2) is 0 Å². The van der Waals surface area contributed by atoms with E-state index >= 15 is 0 Å². The van der Waals surface area contributed by atoms with E-state index in [0.29, 0.717) is 23.7 Å². The van der Waals surface area contributed by atoms with E-state index in [-0.39, 0.29) is 18.3 Å². The first-order valence-corrected chi connectivity index (χ1v) is 7.94. The third-order valence-corrected chi connectivity index (χ3v) is 4.63. The third kappa shape index (κ3) is 5.80. The number of amides is 1. The van der Waals surface area contributed by atoms with Crippen LogP contribution in [0.2, 0.25) is 5.02 Å². The SMILES string of the molecule is CNCCC(=O)Nc1ccc(Sc2nncs2)c(Cl)c1.Cl. The Hall–Kier alpha value is -0.860. The summed E-state index contributed by atoms with van der Waals surface area (Å²) in [5.74, 6) is -0.0417. The van der Waals surface area contributed by atoms with Crippen molar-refractivity contribution in [3.63, 3.8) is 0 Å². The molecule has 0 fully saturated rings. The molecule has 2 N–H and O–H groups in total. The number of hydrogen-bond acceptors (Lipinski definition) is 6. The second-order valence-electron chi connectivity index (χ2n) is 3.85. The molecule has 0 aliphatic carbocycles. The predicted octanol–water partition coefficient (Wildman–Crippen LogP) is 3.31. The fraction of sp³-hybridized carbons (Fsp3) is 0.250. The molecule has 1 heterocycles. The van der Waals surface area contributed by atoms with Crippen molar-refractivity contribution in [2.45, 2.75) is 15.7 Å². The van der Waals surface area contributed by atoms with Crippen LogP contribution in [-0.2, 0) is 4.79 Å². The number of nitrogens with zero attached hydrogens (tertiary/aromatic N) is 2. The van der Waals surface area contributed by atoms with Gasteiger partial charge in [0.25, 0.3) is 0 Å². The van der Waals surface area contributed by atoms with Crippen LogP contribution in [0.4, 0.5) is 5.69 Å². The molecule has 2 aromatic rings. The van der Waals surface area contributed by atoms with E-state index in [2.05, 4.69) is 20.8 Å². The quantitative estimate of drug-likeness (QED) is 0.822. The standard InChI is InChI=1S/C12H13ClN4OS2.ClH/c1-14-5-4-11(18)16-8-2-3-10(9(13)6-8)20-12-17-15-7-19-12;/h2-3,6-7,14H,4-5H2,1H3,(H,16,18);1H. The Bertz CT molecular complexity index is 581. The van der Waals surface area contributed by atoms with Crippen LogP contribution >= 0.6 is 47.1 Å². The van der Waals surface area contributed by atoms with E-state index in [1.807, 2.05) is 19.2 Å². The average Bonchev–Trinajstić information content (AvgIpc) is 2.92. The van der Waals surface area contributed by atoms with E-state index in [4.69, 9.17) is 11.6 Å². The number of halogens is 2. The van der Waals surface area contributed by atoms with Crippen molar-refractivity contribution in [3.8, 4) is 0 Å². The van der Waals surface area contributed by atoms with Crippen LogP contribution in [0.15, 0.2) is 32.9 Å². The zero-order chi connectivity index (χ0) is 14.4. The first-order valence-electron chi connectivity index (χ1n) is 5.87. The highest BCUT2D eigenvalue weighted by molar-refractivity contribution is 8.01. The van der Waals surface area contributed by atoms with Crippen molar-refractivity contribution in [2.75, 3.05) is 18.9 Å². The maximum Gasteiger partial charge on any atom is 0.225 e. The number of carbonyl (C=O) groups excluding carboxylic acids is 1. The number of anilines is 1. The van der Waals surface area contributed by atoms with Gasteiger partial charge in [0.15, 0.2) is 4.34 Å². The van der Waals surface area contributed by atoms with Crippen LogP contribution in [-0.4, -0.2) is 29.7 Å². The molecule has 0 bridgehead atoms. The predicted molar refractivity (Wildman–Crippen MR) is 89.9 cm³/mol. The second kappa shape index (κ2) is 9.22. The summed E-state index contributed by atoms with van der Waals surface area (Å²) in [5.41, 5.74) is 2.37. The Morgan fingerprint density at radius 1 is 1.48 bits per heavy atom. The summed E-state index contributed by atoms with van der Waals surface area (Å²) in [6, 6.07) is 5.43. The molecule has 0 radical (unpaired) electrons. The molecule has 0 aliphatic heterocycles. The zero-order valence-electron chi connectivity index (χ0n) is 11.1. The van der Waals surface area contributed by atoms with Gasteiger partial charge in [-0.15, -0.1) is 22.6 Å². The molecule has 0 saturated heterocycles. The lowest BCUT2D eigenvalue weighted by atomic mass is 10.3. The van der Waals surface area contributed by atoms with Crippen molar-refractivity contribution in [1.82, 2.24) is 15.5 Å². The largest absolute Gasteiger partial charge is 0.326 e. The molecule has 9 heteroatoms. The lowest BCUT2D eigenvalue weighted by Crippen LogP contribution is -2.18. The van der Waals surface area contributed by atoms with Crippen molar-refractivity contribution in [2.24, 2.45) is 0 Å². The van der Waals surface area contributed by atoms with Gasteiger partial charge in [-0.05, 0) is 25.2 Å². The van der Waals surface area contributed by atoms with Crippen molar-refractivity contribution in [3.05, 3.63) is 28.7 Å². The molecule has 21 heavy (non-hydrogen) atoms. The number of nitrogens with one attached hydrogen (secondary N) is 2. The molecule has 5 nitrogen and oxygen atoms in total. The highest BCUT2D eigenvalue weighted by Crippen LogP contribution is 2.35. The van der Waals surface area contributed by atoms with Gasteiger partial charge in [-0.2, -0.15) is 0 Å². The maximum absolute atomic E-state index is 11.6. The van der Waals surface area contributed by atoms with E-state index in [9.17, 15) is 4.79 Å². The summed E-state index contributed by atoms with van der Waals surface area (Å²) in [4.78, 5) is 12.5. The monoisotopic (exact) mass is 364 g/mol. The highest BCUT2D eigenvalue weighted by Gasteiger charge is 2.08. The third-order valence-electron chi connectivity index (χ3n) is 2.36. The van der Waals surface area contributed by atoms with Crippen LogP contribution in [0.25, 0.3) is 0 Å². The minimum absolute atomic E-state index is 0. The molecular weight excluding hydrogens is 351 g/mol. The van der Waals surface area contributed by atoms with Gasteiger partial charge < -0.3 is 10.6 Å². The van der Waals surface area contributed by atoms with Crippen LogP contribution < -0.4 is 10.6 Å². The van der Waals surface area contributed by atoms with Crippen molar-refractivity contribution >= 4 is 58.7 Å². The maximum atomic E-state index is 11.6. The number of carbonyl (C=O) groups is 1. The molecule has 0 unspecified atom stereocenters. The minimum atomic E-state index is -0.0417. The lowest BCUT2D eigenvalue weighted by molar-refractivity contribution is -0.116. The van der Waals surface area contributed by atoms with E-state index in [0.717, 1.165) is 9.24 Å². The lowest BCUT2D eigenvalue weighted by Gasteiger charge is -2.07. The number of hydrogen-bond donors (Lipinski definition) is 2. The summed E-state index contributed by atoms with van der Waals surface area (Å²) in [6.45, 7) is 0.643. The van der Waals surface area contributed by atoms with Crippen molar-refractivity contribution < 1.29 is 4.79 Å². The normalized spacial score (nSPS) is 10.0. The van der Waals surface area contributed by atoms with Gasteiger partial charge in [-0.3, -0.25) is 4.79 Å². The molecule has 1 aromatic carbocycles. The molecule has 1 aromatic heterocycles. The Labute approximate surface area is 142 Å². The van der Waals surface area contributed by atoms with Crippen LogP contribution in [0.3, 0.4) is 0 Å². The summed E-state index contributed by atoms with van der Waals surface area (Å²) in [6.07, 6.45) is 0.426. The fourth-order valence-electron chi connectivity index (χ4n) is 1.42. The molecule has 0 atom stereocenters. The van der Waals surface area contributed by atoms with E-state index < -0.39 is 0 Å². The number of rotatable bonds is 6. The first kappa shape index (κ1) is 18.2. The van der Waals surface area contributed by atoms with Gasteiger partial charge >= 0.3 is 0 Å². The zero-order valence-corrected chi connectivity index (χ0v) is 14.3. The van der Waals surface area contributed by atoms with Crippen LogP contribution in [0.1, 0.15) is 6.42 Å². The first-order chi connectivity index (χ1) is 9.69. The van der Waals surface area contributed by atoms with E-state index in [1.54, 1.807) is 11.6 Å². The number of benzene rings is 1. The summed E-state index contributed by atoms with van der Waals surface area (Å²) < 4.78 is 0.831. The summed E-state index contributed by atoms with van der Waals surface area (Å²) in [5, 5.41) is 14.0. The van der Waals surface area contributed by atoms with Crippen LogP contribution in [0.5, 0.6) is 0 Å².